The quantitative estimate of drug-likeness (QED) is 0.677. The molecule has 4 heteroatoms. The zero-order valence-electron chi connectivity index (χ0n) is 5.51. The van der Waals surface area contributed by atoms with Crippen LogP contribution < -0.4 is 5.73 Å². The van der Waals surface area contributed by atoms with Gasteiger partial charge in [-0.05, 0) is 12.5 Å². The van der Waals surface area contributed by atoms with Crippen molar-refractivity contribution in [2.45, 2.75) is 19.4 Å². The molecule has 0 aliphatic carbocycles. The van der Waals surface area contributed by atoms with Crippen molar-refractivity contribution in [1.29, 1.82) is 0 Å². The molecule has 0 aromatic heterocycles. The van der Waals surface area contributed by atoms with E-state index in [-0.39, 0.29) is 36.9 Å². The molecule has 3 N–H and O–H groups in total. The molecule has 0 aromatic rings. The van der Waals surface area contributed by atoms with Crippen molar-refractivity contribution in [3.05, 3.63) is 6.61 Å². The maximum absolute atomic E-state index is 10.4. The Morgan fingerprint density at radius 3 is 2.11 bits per heavy atom. The smallest absolute Gasteiger partial charge is 0.120 e. The summed E-state index contributed by atoms with van der Waals surface area (Å²) in [5.74, 6) is -0.250. The number of hydrogen-bond donors (Lipinski definition) is 2. The van der Waals surface area contributed by atoms with Gasteiger partial charge < -0.3 is 15.6 Å². The summed E-state index contributed by atoms with van der Waals surface area (Å²) in [5, 5.41) is 8.29. The summed E-state index contributed by atoms with van der Waals surface area (Å²) in [5.41, 5.74) is 4.04. The van der Waals surface area contributed by atoms with Gasteiger partial charge in [-0.1, -0.05) is 6.92 Å². The van der Waals surface area contributed by atoms with Gasteiger partial charge in [0.2, 0.25) is 0 Å². The summed E-state index contributed by atoms with van der Waals surface area (Å²) < 4.78 is 0. The minimum atomic E-state index is -1.17. The molecule has 52 valence electrons. The first-order valence-corrected chi connectivity index (χ1v) is 2.29. The van der Waals surface area contributed by atoms with Crippen molar-refractivity contribution in [3.8, 4) is 0 Å². The first-order valence-electron chi connectivity index (χ1n) is 2.29. The zero-order chi connectivity index (χ0) is 6.78. The van der Waals surface area contributed by atoms with Gasteiger partial charge in [0.1, 0.15) is 5.78 Å². The number of Topliss-reactive ketones (excluding diaryl/α,β-unsaturated/α-hetero) is 1. The molecular weight excluding hydrogens is 344 g/mol. The second-order valence-electron chi connectivity index (χ2n) is 1.97. The van der Waals surface area contributed by atoms with Crippen LogP contribution in [0.15, 0.2) is 0 Å². The molecule has 0 aliphatic heterocycles. The van der Waals surface area contributed by atoms with Crippen LogP contribution in [0.4, 0.5) is 0 Å². The largest absolute Gasteiger partial charge is 0.564 e. The Bertz CT molecular complexity index is 103. The number of aliphatic hydroxyl groups excluding tert-OH is 1. The van der Waals surface area contributed by atoms with E-state index in [2.05, 4.69) is 0 Å². The van der Waals surface area contributed by atoms with Crippen LogP contribution in [0.25, 0.3) is 0 Å². The molecule has 0 spiro atoms. The SMILES string of the molecule is CC(=O)C(C)(N)[CH-]O.[U]. The number of ketones is 1. The molecule has 3 nitrogen and oxygen atoms in total. The molecule has 1 unspecified atom stereocenters. The standard InChI is InChI=1S/C5H10NO2.U/c1-4(8)5(2,6)3-7;/h3,7H,6H2,1-2H3;/q-1;. The maximum atomic E-state index is 10.4. The van der Waals surface area contributed by atoms with Crippen molar-refractivity contribution in [2.75, 3.05) is 0 Å². The second-order valence-corrected chi connectivity index (χ2v) is 1.97. The van der Waals surface area contributed by atoms with Crippen LogP contribution >= 0.6 is 0 Å². The predicted octanol–water partition coefficient (Wildman–Crippen LogP) is -0.173. The zero-order valence-corrected chi connectivity index (χ0v) is 9.67. The fourth-order valence-corrected chi connectivity index (χ4v) is 0.0909. The first kappa shape index (κ1) is 12.3. The third kappa shape index (κ3) is 4.10. The minimum Gasteiger partial charge on any atom is -0.564 e. The summed E-state index contributed by atoms with van der Waals surface area (Å²) in [4.78, 5) is 10.4. The van der Waals surface area contributed by atoms with Crippen LogP contribution in [0.5, 0.6) is 0 Å². The van der Waals surface area contributed by atoms with Gasteiger partial charge >= 0.3 is 0 Å². The average Bonchev–Trinajstić information content (AvgIpc) is 1.67. The van der Waals surface area contributed by atoms with Gasteiger partial charge in [0, 0.05) is 31.1 Å². The van der Waals surface area contributed by atoms with Gasteiger partial charge in [-0.3, -0.25) is 0 Å². The molecule has 0 aromatic carbocycles. The van der Waals surface area contributed by atoms with Gasteiger partial charge in [0.15, 0.2) is 0 Å². The molecule has 0 rings (SSSR count). The van der Waals surface area contributed by atoms with Crippen molar-refractivity contribution in [2.24, 2.45) is 5.73 Å². The molecule has 0 heterocycles. The van der Waals surface area contributed by atoms with Crippen molar-refractivity contribution in [3.63, 3.8) is 0 Å². The number of carbonyl (C=O) groups excluding carboxylic acids is 1. The van der Waals surface area contributed by atoms with Gasteiger partial charge in [0.25, 0.3) is 0 Å². The molecule has 0 bridgehead atoms. The van der Waals surface area contributed by atoms with E-state index in [4.69, 9.17) is 10.8 Å². The van der Waals surface area contributed by atoms with Crippen molar-refractivity contribution >= 4 is 5.78 Å². The molecular formula is C5H10NO2U-. The maximum Gasteiger partial charge on any atom is 0.120 e. The Balaban J connectivity index is 0. The first-order chi connectivity index (χ1) is 3.50. The van der Waals surface area contributed by atoms with E-state index in [1.165, 1.54) is 13.8 Å². The molecule has 0 fully saturated rings. The Morgan fingerprint density at radius 1 is 1.78 bits per heavy atom. The van der Waals surface area contributed by atoms with Crippen LogP contribution in [0, 0.1) is 37.7 Å². The Morgan fingerprint density at radius 2 is 2.11 bits per heavy atom. The van der Waals surface area contributed by atoms with E-state index in [9.17, 15) is 4.79 Å². The van der Waals surface area contributed by atoms with Gasteiger partial charge in [-0.25, -0.2) is 0 Å². The second kappa shape index (κ2) is 4.46. The Labute approximate surface area is 78.4 Å². The summed E-state index contributed by atoms with van der Waals surface area (Å²) in [6, 6.07) is 0. The summed E-state index contributed by atoms with van der Waals surface area (Å²) >= 11 is 0. The van der Waals surface area contributed by atoms with Crippen molar-refractivity contribution < 1.29 is 41.0 Å². The van der Waals surface area contributed by atoms with Crippen LogP contribution in [0.2, 0.25) is 0 Å². The topological polar surface area (TPSA) is 63.3 Å². The number of carbonyl (C=O) groups is 1. The molecule has 9 heavy (non-hydrogen) atoms. The minimum absolute atomic E-state index is 0. The van der Waals surface area contributed by atoms with Gasteiger partial charge in [0.05, 0.1) is 0 Å². The van der Waals surface area contributed by atoms with Gasteiger partial charge in [-0.15, -0.1) is 0 Å². The monoisotopic (exact) mass is 354 g/mol. The number of rotatable bonds is 2. The fraction of sp³-hybridized carbons (Fsp3) is 0.600. The molecule has 0 saturated heterocycles. The van der Waals surface area contributed by atoms with E-state index in [0.29, 0.717) is 6.61 Å². The molecule has 0 radical (unpaired) electrons. The fourth-order valence-electron chi connectivity index (χ4n) is 0.0909. The number of nitrogens with two attached hydrogens (primary N) is 1. The number of hydrogen-bond acceptors (Lipinski definition) is 3. The van der Waals surface area contributed by atoms with Crippen LogP contribution in [0.3, 0.4) is 0 Å². The van der Waals surface area contributed by atoms with E-state index in [1.807, 2.05) is 0 Å². The molecule has 1 atom stereocenters. The van der Waals surface area contributed by atoms with E-state index in [1.54, 1.807) is 0 Å². The molecule has 0 aliphatic rings. The Kier molecular flexibility index (Phi) is 6.11. The number of aliphatic hydroxyl groups is 1. The third-order valence-corrected chi connectivity index (χ3v) is 1.03. The van der Waals surface area contributed by atoms with E-state index in [0.717, 1.165) is 0 Å². The van der Waals surface area contributed by atoms with E-state index >= 15 is 0 Å². The van der Waals surface area contributed by atoms with Crippen LogP contribution in [0.1, 0.15) is 13.8 Å². The average molecular weight is 354 g/mol. The van der Waals surface area contributed by atoms with Gasteiger partial charge in [-0.2, -0.15) is 6.61 Å². The summed E-state index contributed by atoms with van der Waals surface area (Å²) in [6.45, 7) is 3.46. The third-order valence-electron chi connectivity index (χ3n) is 1.03. The predicted molar refractivity (Wildman–Crippen MR) is 29.5 cm³/mol. The van der Waals surface area contributed by atoms with Crippen LogP contribution in [-0.4, -0.2) is 16.4 Å². The van der Waals surface area contributed by atoms with E-state index < -0.39 is 5.54 Å². The molecule has 0 saturated carbocycles. The normalized spacial score (nSPS) is 15.6. The summed E-state index contributed by atoms with van der Waals surface area (Å²) in [6.07, 6.45) is 0. The summed E-state index contributed by atoms with van der Waals surface area (Å²) in [7, 11) is 0. The Hall–Kier alpha value is 0.642. The van der Waals surface area contributed by atoms with Crippen molar-refractivity contribution in [1.82, 2.24) is 0 Å². The molecule has 0 amide bonds. The van der Waals surface area contributed by atoms with Crippen LogP contribution in [-0.2, 0) is 4.79 Å².